The molecule has 0 aromatic heterocycles. The van der Waals surface area contributed by atoms with Gasteiger partial charge in [-0.15, -0.1) is 0 Å². The smallest absolute Gasteiger partial charge is 0.107 e. The Hall–Kier alpha value is -4.50. The second kappa shape index (κ2) is 9.25. The molecule has 0 fully saturated rings. The van der Waals surface area contributed by atoms with Crippen LogP contribution >= 0.6 is 25.3 Å². The third-order valence-electron chi connectivity index (χ3n) is 9.24. The van der Waals surface area contributed by atoms with Crippen LogP contribution in [0.4, 0.5) is 0 Å². The Labute approximate surface area is 261 Å². The van der Waals surface area contributed by atoms with Gasteiger partial charge in [-0.2, -0.15) is 25.3 Å². The van der Waals surface area contributed by atoms with Crippen LogP contribution in [0.5, 0.6) is 0 Å². The molecule has 1 aliphatic rings. The van der Waals surface area contributed by atoms with E-state index in [4.69, 9.17) is 25.3 Å². The van der Waals surface area contributed by atoms with Crippen molar-refractivity contribution in [3.05, 3.63) is 157 Å². The molecular formula is C41H26S2. The predicted octanol–water partition coefficient (Wildman–Crippen LogP) is 11.7. The predicted molar refractivity (Wildman–Crippen MR) is 192 cm³/mol. The summed E-state index contributed by atoms with van der Waals surface area (Å²) in [6, 6.07) is 53.0. The van der Waals surface area contributed by atoms with Crippen LogP contribution in [0.3, 0.4) is 0 Å². The molecule has 0 amide bonds. The molecule has 0 saturated carbocycles. The van der Waals surface area contributed by atoms with E-state index in [0.717, 1.165) is 11.1 Å². The van der Waals surface area contributed by atoms with Crippen LogP contribution in [0.25, 0.3) is 76.5 Å². The lowest BCUT2D eigenvalue weighted by molar-refractivity contribution is 1.15. The van der Waals surface area contributed by atoms with E-state index in [1.807, 2.05) is 0 Å². The average Bonchev–Trinajstić information content (AvgIpc) is 3.29. The monoisotopic (exact) mass is 582 g/mol. The minimum absolute atomic E-state index is 0.726. The summed E-state index contributed by atoms with van der Waals surface area (Å²) >= 11 is 10.5. The van der Waals surface area contributed by atoms with Gasteiger partial charge in [-0.1, -0.05) is 121 Å². The molecule has 0 atom stereocenters. The van der Waals surface area contributed by atoms with Crippen LogP contribution in [0.2, 0.25) is 0 Å². The summed E-state index contributed by atoms with van der Waals surface area (Å²) in [5.41, 5.74) is 9.48. The standard InChI is InChI=1S/C41H26S2/c42-41(43)39-23-27(37-21-25-9-1-3-11-29(25)31-13-5-7-15-33(31)37)17-19-35(39)36-20-18-28(24-40(36)41)38-22-26-10-2-4-12-30(26)32-14-6-8-16-34(32)38/h1-24,42-43H. The SMILES string of the molecule is SC1(S)c2cc(-c3cc4ccccc4c4ccccc34)ccc2-c2ccc(-c3cc4ccccc4c4ccccc34)cc21. The zero-order valence-electron chi connectivity index (χ0n) is 23.3. The minimum Gasteiger partial charge on any atom is -0.152 e. The molecule has 1 aliphatic carbocycles. The van der Waals surface area contributed by atoms with E-state index in [2.05, 4.69) is 146 Å². The molecule has 0 aliphatic heterocycles. The summed E-state index contributed by atoms with van der Waals surface area (Å²) in [6.07, 6.45) is 0. The van der Waals surface area contributed by atoms with Crippen molar-refractivity contribution in [1.82, 2.24) is 0 Å². The number of hydrogen-bond acceptors (Lipinski definition) is 2. The van der Waals surface area contributed by atoms with Gasteiger partial charge in [0, 0.05) is 0 Å². The van der Waals surface area contributed by atoms with Crippen LogP contribution in [0, 0.1) is 0 Å². The largest absolute Gasteiger partial charge is 0.152 e. The summed E-state index contributed by atoms with van der Waals surface area (Å²) in [5.74, 6) is 0. The van der Waals surface area contributed by atoms with E-state index in [9.17, 15) is 0 Å². The number of benzene rings is 8. The molecule has 9 rings (SSSR count). The van der Waals surface area contributed by atoms with E-state index >= 15 is 0 Å². The highest BCUT2D eigenvalue weighted by Crippen LogP contribution is 2.55. The molecule has 8 aromatic rings. The first-order chi connectivity index (χ1) is 21.1. The Bertz CT molecular complexity index is 2260. The van der Waals surface area contributed by atoms with Crippen molar-refractivity contribution < 1.29 is 0 Å². The Morgan fingerprint density at radius 1 is 0.326 bits per heavy atom. The number of thiol groups is 2. The van der Waals surface area contributed by atoms with Gasteiger partial charge >= 0.3 is 0 Å². The van der Waals surface area contributed by atoms with Crippen molar-refractivity contribution >= 4 is 68.3 Å². The fourth-order valence-electron chi connectivity index (χ4n) is 7.20. The molecule has 0 heterocycles. The molecule has 43 heavy (non-hydrogen) atoms. The first-order valence-corrected chi connectivity index (χ1v) is 15.5. The van der Waals surface area contributed by atoms with Gasteiger partial charge in [-0.3, -0.25) is 0 Å². The molecular weight excluding hydrogens is 557 g/mol. The molecule has 0 radical (unpaired) electrons. The van der Waals surface area contributed by atoms with Crippen molar-refractivity contribution in [2.45, 2.75) is 4.08 Å². The van der Waals surface area contributed by atoms with Gasteiger partial charge in [0.05, 0.1) is 0 Å². The van der Waals surface area contributed by atoms with Crippen molar-refractivity contribution in [3.8, 4) is 33.4 Å². The zero-order valence-corrected chi connectivity index (χ0v) is 25.0. The van der Waals surface area contributed by atoms with Crippen LogP contribution in [-0.4, -0.2) is 0 Å². The van der Waals surface area contributed by atoms with Crippen molar-refractivity contribution in [1.29, 1.82) is 0 Å². The van der Waals surface area contributed by atoms with Crippen LogP contribution in [0.1, 0.15) is 11.1 Å². The summed E-state index contributed by atoms with van der Waals surface area (Å²) < 4.78 is -0.726. The summed E-state index contributed by atoms with van der Waals surface area (Å²) in [6.45, 7) is 0. The molecule has 0 saturated heterocycles. The first kappa shape index (κ1) is 25.0. The Morgan fingerprint density at radius 3 is 1.14 bits per heavy atom. The highest BCUT2D eigenvalue weighted by atomic mass is 32.2. The molecule has 8 aromatic carbocycles. The Kier molecular flexibility index (Phi) is 5.39. The minimum atomic E-state index is -0.726. The highest BCUT2D eigenvalue weighted by Gasteiger charge is 2.38. The molecule has 0 spiro atoms. The zero-order chi connectivity index (χ0) is 28.7. The maximum absolute atomic E-state index is 5.26. The van der Waals surface area contributed by atoms with E-state index in [1.165, 1.54) is 76.5 Å². The van der Waals surface area contributed by atoms with E-state index in [1.54, 1.807) is 0 Å². The van der Waals surface area contributed by atoms with E-state index in [-0.39, 0.29) is 0 Å². The van der Waals surface area contributed by atoms with Crippen molar-refractivity contribution in [3.63, 3.8) is 0 Å². The maximum atomic E-state index is 5.26. The lowest BCUT2D eigenvalue weighted by Crippen LogP contribution is -2.08. The molecule has 2 heteroatoms. The first-order valence-electron chi connectivity index (χ1n) is 14.6. The van der Waals surface area contributed by atoms with Gasteiger partial charge in [-0.25, -0.2) is 0 Å². The summed E-state index contributed by atoms with van der Waals surface area (Å²) in [7, 11) is 0. The topological polar surface area (TPSA) is 0 Å². The summed E-state index contributed by atoms with van der Waals surface area (Å²) in [4.78, 5) is 0. The molecule has 0 nitrogen and oxygen atoms in total. The van der Waals surface area contributed by atoms with Crippen LogP contribution in [-0.2, 0) is 4.08 Å². The third-order valence-corrected chi connectivity index (χ3v) is 10.2. The van der Waals surface area contributed by atoms with Crippen LogP contribution in [0.15, 0.2) is 146 Å². The van der Waals surface area contributed by atoms with Crippen molar-refractivity contribution in [2.75, 3.05) is 0 Å². The summed E-state index contributed by atoms with van der Waals surface area (Å²) in [5, 5.41) is 10.1. The number of hydrogen-bond donors (Lipinski definition) is 2. The second-order valence-corrected chi connectivity index (χ2v) is 13.3. The Morgan fingerprint density at radius 2 is 0.698 bits per heavy atom. The highest BCUT2D eigenvalue weighted by molar-refractivity contribution is 8.00. The second-order valence-electron chi connectivity index (χ2n) is 11.6. The van der Waals surface area contributed by atoms with Crippen molar-refractivity contribution in [2.24, 2.45) is 0 Å². The molecule has 202 valence electrons. The van der Waals surface area contributed by atoms with Gasteiger partial charge < -0.3 is 0 Å². The molecule has 0 N–H and O–H groups in total. The average molecular weight is 583 g/mol. The maximum Gasteiger partial charge on any atom is 0.107 e. The fourth-order valence-corrected chi connectivity index (χ4v) is 7.94. The lowest BCUT2D eigenvalue weighted by atomic mass is 9.91. The van der Waals surface area contributed by atoms with Gasteiger partial charge in [0.2, 0.25) is 0 Å². The normalized spacial score (nSPS) is 13.5. The number of fused-ring (bicyclic) bond motifs is 9. The van der Waals surface area contributed by atoms with Gasteiger partial charge in [-0.05, 0) is 112 Å². The molecule has 0 unspecified atom stereocenters. The Balaban J connectivity index is 1.22. The van der Waals surface area contributed by atoms with E-state index < -0.39 is 4.08 Å². The van der Waals surface area contributed by atoms with E-state index in [0.29, 0.717) is 0 Å². The lowest BCUT2D eigenvalue weighted by Gasteiger charge is -2.21. The third kappa shape index (κ3) is 3.67. The van der Waals surface area contributed by atoms with Gasteiger partial charge in [0.1, 0.15) is 4.08 Å². The van der Waals surface area contributed by atoms with Crippen LogP contribution < -0.4 is 0 Å². The quantitative estimate of drug-likeness (QED) is 0.113. The van der Waals surface area contributed by atoms with Gasteiger partial charge in [0.25, 0.3) is 0 Å². The van der Waals surface area contributed by atoms with Gasteiger partial charge in [0.15, 0.2) is 0 Å². The number of rotatable bonds is 2. The molecule has 0 bridgehead atoms. The fraction of sp³-hybridized carbons (Fsp3) is 0.0244.